The summed E-state index contributed by atoms with van der Waals surface area (Å²) in [4.78, 5) is 5.32. The monoisotopic (exact) mass is 276 g/mol. The zero-order valence-corrected chi connectivity index (χ0v) is 11.9. The average molecular weight is 276 g/mol. The quantitative estimate of drug-likeness (QED) is 0.623. The second kappa shape index (κ2) is 5.28. The van der Waals surface area contributed by atoms with E-state index in [1.807, 2.05) is 0 Å². The molecule has 3 aliphatic heterocycles. The van der Waals surface area contributed by atoms with Crippen molar-refractivity contribution < 1.29 is 4.74 Å². The van der Waals surface area contributed by atoms with Crippen LogP contribution in [0.4, 0.5) is 0 Å². The summed E-state index contributed by atoms with van der Waals surface area (Å²) in [5.41, 5.74) is 6.32. The van der Waals surface area contributed by atoms with Gasteiger partial charge in [-0.3, -0.25) is 9.80 Å². The van der Waals surface area contributed by atoms with Crippen LogP contribution in [0.3, 0.4) is 0 Å². The molecule has 0 aromatic rings. The van der Waals surface area contributed by atoms with E-state index in [2.05, 4.69) is 27.0 Å². The van der Waals surface area contributed by atoms with Gasteiger partial charge in [-0.15, -0.1) is 0 Å². The second-order valence-corrected chi connectivity index (χ2v) is 6.42. The van der Waals surface area contributed by atoms with Crippen molar-refractivity contribution in [3.05, 3.63) is 0 Å². The van der Waals surface area contributed by atoms with E-state index in [-0.39, 0.29) is 6.04 Å². The molecule has 4 unspecified atom stereocenters. The van der Waals surface area contributed by atoms with Crippen molar-refractivity contribution in [3.63, 3.8) is 0 Å². The van der Waals surface area contributed by atoms with Crippen LogP contribution in [0, 0.1) is 11.8 Å². The van der Waals surface area contributed by atoms with Crippen molar-refractivity contribution in [2.45, 2.75) is 43.1 Å². The van der Waals surface area contributed by atoms with E-state index in [0.29, 0.717) is 18.1 Å². The van der Waals surface area contributed by atoms with Crippen LogP contribution in [0.2, 0.25) is 0 Å². The van der Waals surface area contributed by atoms with E-state index in [1.54, 1.807) is 0 Å². The molecular weight excluding hydrogens is 252 g/mol. The zero-order valence-electron chi connectivity index (χ0n) is 11.9. The first kappa shape index (κ1) is 13.1. The Morgan fingerprint density at radius 1 is 1.10 bits per heavy atom. The van der Waals surface area contributed by atoms with E-state index in [9.17, 15) is 0 Å². The van der Waals surface area contributed by atoms with Crippen LogP contribution in [-0.4, -0.2) is 79.4 Å². The van der Waals surface area contributed by atoms with Crippen molar-refractivity contribution in [3.8, 4) is 11.8 Å². The summed E-state index contributed by atoms with van der Waals surface area (Å²) in [5.74, 6) is 6.36. The van der Waals surface area contributed by atoms with Gasteiger partial charge in [0.2, 0.25) is 0 Å². The molecule has 4 rings (SSSR count). The van der Waals surface area contributed by atoms with Gasteiger partial charge in [-0.1, -0.05) is 11.8 Å². The lowest BCUT2D eigenvalue weighted by Crippen LogP contribution is -2.60. The molecule has 1 saturated carbocycles. The Balaban J connectivity index is 1.43. The first-order valence-electron chi connectivity index (χ1n) is 7.88. The molecule has 2 saturated heterocycles. The minimum atomic E-state index is 0.0111. The maximum absolute atomic E-state index is 6.32. The Labute approximate surface area is 120 Å². The van der Waals surface area contributed by atoms with Crippen LogP contribution in [0.15, 0.2) is 0 Å². The molecule has 1 aliphatic carbocycles. The number of ether oxygens (including phenoxy) is 1. The van der Waals surface area contributed by atoms with E-state index in [0.717, 1.165) is 45.3 Å². The summed E-state index contributed by atoms with van der Waals surface area (Å²) in [7, 11) is 0. The Morgan fingerprint density at radius 3 is 2.70 bits per heavy atom. The highest BCUT2D eigenvalue weighted by Crippen LogP contribution is 2.40. The topological polar surface area (TPSA) is 53.8 Å². The molecule has 110 valence electrons. The van der Waals surface area contributed by atoms with Gasteiger partial charge in [0.1, 0.15) is 0 Å². The molecule has 0 radical (unpaired) electrons. The van der Waals surface area contributed by atoms with Gasteiger partial charge >= 0.3 is 0 Å². The summed E-state index contributed by atoms with van der Waals surface area (Å²) >= 11 is 0. The molecule has 4 aliphatic rings. The van der Waals surface area contributed by atoms with Crippen molar-refractivity contribution in [1.82, 2.24) is 15.1 Å². The number of nitrogens with two attached hydrogens (primary N) is 1. The molecule has 3 heterocycles. The van der Waals surface area contributed by atoms with Gasteiger partial charge in [-0.05, 0) is 19.4 Å². The highest BCUT2D eigenvalue weighted by Gasteiger charge is 2.53. The fourth-order valence-electron chi connectivity index (χ4n) is 3.94. The normalized spacial score (nSPS) is 42.6. The Hall–Kier alpha value is -0.640. The number of fused-ring (bicyclic) bond motifs is 1. The largest absolute Gasteiger partial charge is 0.378 e. The maximum Gasteiger partial charge on any atom is 0.0823 e. The first-order chi connectivity index (χ1) is 9.84. The van der Waals surface area contributed by atoms with Crippen LogP contribution < -0.4 is 11.1 Å². The van der Waals surface area contributed by atoms with Crippen LogP contribution in [-0.2, 0) is 4.74 Å². The number of piperazine rings is 1. The number of hydrogen-bond donors (Lipinski definition) is 2. The predicted molar refractivity (Wildman–Crippen MR) is 77.2 cm³/mol. The summed E-state index contributed by atoms with van der Waals surface area (Å²) < 4.78 is 5.34. The van der Waals surface area contributed by atoms with Gasteiger partial charge in [-0.25, -0.2) is 0 Å². The third-order valence-corrected chi connectivity index (χ3v) is 5.22. The predicted octanol–water partition coefficient (Wildman–Crippen LogP) is -1.16. The third-order valence-electron chi connectivity index (χ3n) is 5.22. The van der Waals surface area contributed by atoms with Crippen molar-refractivity contribution in [2.75, 3.05) is 39.4 Å². The van der Waals surface area contributed by atoms with Gasteiger partial charge in [-0.2, -0.15) is 0 Å². The lowest BCUT2D eigenvalue weighted by molar-refractivity contribution is -0.0826. The molecule has 0 aromatic carbocycles. The number of rotatable bonds is 2. The fourth-order valence-corrected chi connectivity index (χ4v) is 3.94. The number of nitrogens with one attached hydrogen (secondary N) is 1. The smallest absolute Gasteiger partial charge is 0.0823 e. The molecule has 0 spiro atoms. The highest BCUT2D eigenvalue weighted by molar-refractivity contribution is 5.17. The van der Waals surface area contributed by atoms with Crippen molar-refractivity contribution in [1.29, 1.82) is 0 Å². The van der Waals surface area contributed by atoms with E-state index in [4.69, 9.17) is 10.5 Å². The summed E-state index contributed by atoms with van der Waals surface area (Å²) in [5, 5.41) is 3.37. The van der Waals surface area contributed by atoms with E-state index >= 15 is 0 Å². The van der Waals surface area contributed by atoms with Crippen LogP contribution in [0.5, 0.6) is 0 Å². The minimum Gasteiger partial charge on any atom is -0.378 e. The third kappa shape index (κ3) is 2.26. The Bertz CT molecular complexity index is 427. The molecule has 4 atom stereocenters. The lowest BCUT2D eigenvalue weighted by atomic mass is 10.0. The molecule has 5 nitrogen and oxygen atoms in total. The number of nitrogens with zero attached hydrogens (tertiary/aromatic N) is 2. The average Bonchev–Trinajstić information content (AvgIpc) is 3.14. The number of hydrogen-bond acceptors (Lipinski definition) is 5. The zero-order chi connectivity index (χ0) is 13.5. The Morgan fingerprint density at radius 2 is 1.90 bits per heavy atom. The Kier molecular flexibility index (Phi) is 3.45. The minimum absolute atomic E-state index is 0.0111. The summed E-state index contributed by atoms with van der Waals surface area (Å²) in [6.45, 7) is 5.98. The molecule has 0 bridgehead atoms. The standard InChI is InChI=1S/C15H24N4O/c16-12-2-1-4-17-5-3-13(12)19-7-6-18(11-9-20-10-11)14-8-15(14)19/h11-15,17H,3-10,16H2. The lowest BCUT2D eigenvalue weighted by Gasteiger charge is -2.45. The molecule has 5 heteroatoms. The van der Waals surface area contributed by atoms with Gasteiger partial charge in [0.25, 0.3) is 0 Å². The van der Waals surface area contributed by atoms with Crippen LogP contribution in [0.1, 0.15) is 12.8 Å². The second-order valence-electron chi connectivity index (χ2n) is 6.42. The molecule has 0 aromatic heterocycles. The van der Waals surface area contributed by atoms with E-state index in [1.165, 1.54) is 13.0 Å². The molecule has 3 N–H and O–H groups in total. The summed E-state index contributed by atoms with van der Waals surface area (Å²) in [6, 6.07) is 2.57. The summed E-state index contributed by atoms with van der Waals surface area (Å²) in [6.07, 6.45) is 2.42. The molecule has 3 fully saturated rings. The van der Waals surface area contributed by atoms with Gasteiger partial charge in [0.05, 0.1) is 31.8 Å². The van der Waals surface area contributed by atoms with Crippen LogP contribution in [0.25, 0.3) is 0 Å². The molecular formula is C15H24N4O. The first-order valence-corrected chi connectivity index (χ1v) is 7.88. The van der Waals surface area contributed by atoms with Crippen LogP contribution >= 0.6 is 0 Å². The SMILES string of the molecule is NC1C#CCNCCC1N1CCN(C2COC2)C2CC21. The van der Waals surface area contributed by atoms with Crippen molar-refractivity contribution in [2.24, 2.45) is 5.73 Å². The van der Waals surface area contributed by atoms with Gasteiger partial charge in [0.15, 0.2) is 0 Å². The van der Waals surface area contributed by atoms with Gasteiger partial charge < -0.3 is 15.8 Å². The van der Waals surface area contributed by atoms with E-state index < -0.39 is 0 Å². The maximum atomic E-state index is 6.32. The fraction of sp³-hybridized carbons (Fsp3) is 0.867. The molecule has 20 heavy (non-hydrogen) atoms. The highest BCUT2D eigenvalue weighted by atomic mass is 16.5. The van der Waals surface area contributed by atoms with Gasteiger partial charge in [0, 0.05) is 31.2 Å². The molecule has 0 amide bonds. The van der Waals surface area contributed by atoms with Crippen molar-refractivity contribution >= 4 is 0 Å².